The number of rotatable bonds is 2. The van der Waals surface area contributed by atoms with Gasteiger partial charge in [0.25, 0.3) is 5.56 Å². The maximum Gasteiger partial charge on any atom is 0.331 e. The standard InChI is InChI=1S/C12H13N3O2/c1-9-5-10(7-13-6-9)8-15-11(16)3-4-14(2)12(15)17/h3-7H,8H2,1-2H3. The van der Waals surface area contributed by atoms with Crippen molar-refractivity contribution in [3.63, 3.8) is 0 Å². The van der Waals surface area contributed by atoms with E-state index in [1.165, 1.54) is 21.4 Å². The fraction of sp³-hybridized carbons (Fsp3) is 0.250. The predicted octanol–water partition coefficient (Wildman–Crippen LogP) is 0.299. The highest BCUT2D eigenvalue weighted by Gasteiger charge is 2.04. The van der Waals surface area contributed by atoms with Gasteiger partial charge < -0.3 is 4.57 Å². The summed E-state index contributed by atoms with van der Waals surface area (Å²) in [7, 11) is 1.62. The lowest BCUT2D eigenvalue weighted by molar-refractivity contribution is 0.638. The van der Waals surface area contributed by atoms with Crippen LogP contribution in [-0.2, 0) is 13.6 Å². The molecule has 2 aromatic rings. The summed E-state index contributed by atoms with van der Waals surface area (Å²) in [6.07, 6.45) is 4.86. The van der Waals surface area contributed by atoms with Crippen LogP contribution >= 0.6 is 0 Å². The summed E-state index contributed by atoms with van der Waals surface area (Å²) in [6, 6.07) is 3.29. The second-order valence-corrected chi connectivity index (χ2v) is 4.00. The van der Waals surface area contributed by atoms with Crippen LogP contribution in [0.2, 0.25) is 0 Å². The van der Waals surface area contributed by atoms with E-state index in [2.05, 4.69) is 4.98 Å². The lowest BCUT2D eigenvalue weighted by atomic mass is 10.2. The Morgan fingerprint density at radius 3 is 2.76 bits per heavy atom. The molecule has 0 aromatic carbocycles. The Bertz CT molecular complexity index is 655. The van der Waals surface area contributed by atoms with E-state index in [-0.39, 0.29) is 17.8 Å². The molecule has 88 valence electrons. The summed E-state index contributed by atoms with van der Waals surface area (Å²) in [5.41, 5.74) is 1.23. The summed E-state index contributed by atoms with van der Waals surface area (Å²) >= 11 is 0. The van der Waals surface area contributed by atoms with Crippen LogP contribution in [0.25, 0.3) is 0 Å². The molecule has 17 heavy (non-hydrogen) atoms. The maximum absolute atomic E-state index is 11.8. The first-order valence-electron chi connectivity index (χ1n) is 5.25. The molecule has 0 amide bonds. The van der Waals surface area contributed by atoms with Crippen molar-refractivity contribution < 1.29 is 0 Å². The molecule has 0 N–H and O–H groups in total. The fourth-order valence-corrected chi connectivity index (χ4v) is 1.65. The summed E-state index contributed by atoms with van der Waals surface area (Å²) in [5, 5.41) is 0. The Hall–Kier alpha value is -2.17. The van der Waals surface area contributed by atoms with Crippen LogP contribution in [0.4, 0.5) is 0 Å². The van der Waals surface area contributed by atoms with Gasteiger partial charge in [0.2, 0.25) is 0 Å². The third-order valence-electron chi connectivity index (χ3n) is 2.51. The van der Waals surface area contributed by atoms with Crippen molar-refractivity contribution in [3.8, 4) is 0 Å². The molecule has 0 atom stereocenters. The third kappa shape index (κ3) is 2.33. The molecule has 2 aromatic heterocycles. The van der Waals surface area contributed by atoms with Gasteiger partial charge in [-0.15, -0.1) is 0 Å². The Balaban J connectivity index is 2.47. The molecule has 2 heterocycles. The second kappa shape index (κ2) is 4.37. The van der Waals surface area contributed by atoms with E-state index in [0.717, 1.165) is 11.1 Å². The molecule has 0 aliphatic heterocycles. The highest BCUT2D eigenvalue weighted by Crippen LogP contribution is 2.01. The van der Waals surface area contributed by atoms with Crippen molar-refractivity contribution in [2.45, 2.75) is 13.5 Å². The van der Waals surface area contributed by atoms with Crippen LogP contribution in [0.3, 0.4) is 0 Å². The zero-order valence-corrected chi connectivity index (χ0v) is 9.75. The Kier molecular flexibility index (Phi) is 2.91. The fourth-order valence-electron chi connectivity index (χ4n) is 1.65. The van der Waals surface area contributed by atoms with Gasteiger partial charge in [0.05, 0.1) is 6.54 Å². The second-order valence-electron chi connectivity index (χ2n) is 4.00. The van der Waals surface area contributed by atoms with Crippen molar-refractivity contribution in [3.05, 3.63) is 62.7 Å². The maximum atomic E-state index is 11.8. The van der Waals surface area contributed by atoms with Gasteiger partial charge in [-0.2, -0.15) is 0 Å². The van der Waals surface area contributed by atoms with Crippen LogP contribution in [-0.4, -0.2) is 14.1 Å². The van der Waals surface area contributed by atoms with E-state index >= 15 is 0 Å². The van der Waals surface area contributed by atoms with Crippen LogP contribution in [0.15, 0.2) is 40.3 Å². The summed E-state index contributed by atoms with van der Waals surface area (Å²) in [4.78, 5) is 27.4. The molecule has 2 rings (SSSR count). The summed E-state index contributed by atoms with van der Waals surface area (Å²) in [5.74, 6) is 0. The van der Waals surface area contributed by atoms with Gasteiger partial charge in [0.1, 0.15) is 0 Å². The molecule has 0 unspecified atom stereocenters. The van der Waals surface area contributed by atoms with Crippen molar-refractivity contribution in [1.82, 2.24) is 14.1 Å². The third-order valence-corrected chi connectivity index (χ3v) is 2.51. The topological polar surface area (TPSA) is 56.9 Å². The van der Waals surface area contributed by atoms with Crippen LogP contribution in [0, 0.1) is 6.92 Å². The Morgan fingerprint density at radius 1 is 1.29 bits per heavy atom. The quantitative estimate of drug-likeness (QED) is 0.747. The molecule has 0 aliphatic carbocycles. The van der Waals surface area contributed by atoms with Gasteiger partial charge in [-0.3, -0.25) is 14.3 Å². The molecule has 5 heteroatoms. The minimum Gasteiger partial charge on any atom is -0.303 e. The van der Waals surface area contributed by atoms with Crippen LogP contribution in [0.1, 0.15) is 11.1 Å². The van der Waals surface area contributed by atoms with E-state index in [1.54, 1.807) is 19.4 Å². The van der Waals surface area contributed by atoms with Gasteiger partial charge in [-0.25, -0.2) is 4.79 Å². The Labute approximate surface area is 98.0 Å². The number of aryl methyl sites for hydroxylation is 2. The van der Waals surface area contributed by atoms with E-state index in [0.29, 0.717) is 0 Å². The first kappa shape index (κ1) is 11.3. The molecule has 0 fully saturated rings. The van der Waals surface area contributed by atoms with Gasteiger partial charge in [0.15, 0.2) is 0 Å². The molecule has 5 nitrogen and oxygen atoms in total. The number of hydrogen-bond acceptors (Lipinski definition) is 3. The zero-order valence-electron chi connectivity index (χ0n) is 9.75. The van der Waals surface area contributed by atoms with Crippen molar-refractivity contribution in [2.24, 2.45) is 7.05 Å². The van der Waals surface area contributed by atoms with Gasteiger partial charge in [-0.1, -0.05) is 6.07 Å². The minimum atomic E-state index is -0.320. The van der Waals surface area contributed by atoms with Gasteiger partial charge in [0, 0.05) is 31.7 Å². The average molecular weight is 231 g/mol. The predicted molar refractivity (Wildman–Crippen MR) is 64.0 cm³/mol. The molecular weight excluding hydrogens is 218 g/mol. The van der Waals surface area contributed by atoms with E-state index in [4.69, 9.17) is 0 Å². The van der Waals surface area contributed by atoms with E-state index < -0.39 is 0 Å². The van der Waals surface area contributed by atoms with Gasteiger partial charge in [-0.05, 0) is 18.1 Å². The summed E-state index contributed by atoms with van der Waals surface area (Å²) < 4.78 is 2.57. The number of aromatic nitrogens is 3. The average Bonchev–Trinajstić information content (AvgIpc) is 2.30. The molecule has 0 saturated heterocycles. The molecule has 0 spiro atoms. The van der Waals surface area contributed by atoms with E-state index in [9.17, 15) is 9.59 Å². The number of hydrogen-bond donors (Lipinski definition) is 0. The Morgan fingerprint density at radius 2 is 2.06 bits per heavy atom. The molecule has 0 saturated carbocycles. The first-order valence-corrected chi connectivity index (χ1v) is 5.25. The SMILES string of the molecule is Cc1cncc(Cn2c(=O)ccn(C)c2=O)c1. The smallest absolute Gasteiger partial charge is 0.303 e. The molecule has 0 radical (unpaired) electrons. The molecule has 0 bridgehead atoms. The van der Waals surface area contributed by atoms with Crippen molar-refractivity contribution >= 4 is 0 Å². The van der Waals surface area contributed by atoms with Crippen molar-refractivity contribution in [2.75, 3.05) is 0 Å². The normalized spacial score (nSPS) is 10.5. The number of pyridine rings is 1. The monoisotopic (exact) mass is 231 g/mol. The minimum absolute atomic E-state index is 0.251. The van der Waals surface area contributed by atoms with Crippen LogP contribution < -0.4 is 11.2 Å². The zero-order chi connectivity index (χ0) is 12.4. The molecular formula is C12H13N3O2. The highest BCUT2D eigenvalue weighted by atomic mass is 16.2. The number of nitrogens with zero attached hydrogens (tertiary/aromatic N) is 3. The van der Waals surface area contributed by atoms with Crippen LogP contribution in [0.5, 0.6) is 0 Å². The highest BCUT2D eigenvalue weighted by molar-refractivity contribution is 5.16. The first-order chi connectivity index (χ1) is 8.08. The summed E-state index contributed by atoms with van der Waals surface area (Å²) in [6.45, 7) is 2.17. The lowest BCUT2D eigenvalue weighted by Crippen LogP contribution is -2.38. The molecule has 0 aliphatic rings. The lowest BCUT2D eigenvalue weighted by Gasteiger charge is -2.06. The van der Waals surface area contributed by atoms with Crippen molar-refractivity contribution in [1.29, 1.82) is 0 Å². The van der Waals surface area contributed by atoms with E-state index in [1.807, 2.05) is 13.0 Å². The largest absolute Gasteiger partial charge is 0.331 e. The van der Waals surface area contributed by atoms with Gasteiger partial charge >= 0.3 is 5.69 Å².